The molecule has 1 fully saturated rings. The number of ether oxygens (including phenoxy) is 1. The van der Waals surface area contributed by atoms with Gasteiger partial charge in [0.05, 0.1) is 13.0 Å². The van der Waals surface area contributed by atoms with Gasteiger partial charge in [0, 0.05) is 30.6 Å². The van der Waals surface area contributed by atoms with Gasteiger partial charge in [-0.05, 0) is 36.8 Å². The first-order valence-corrected chi connectivity index (χ1v) is 9.59. The van der Waals surface area contributed by atoms with E-state index in [9.17, 15) is 9.59 Å². The van der Waals surface area contributed by atoms with Crippen LogP contribution in [0, 0.1) is 12.8 Å². The van der Waals surface area contributed by atoms with Crippen LogP contribution < -0.4 is 15.0 Å². The lowest BCUT2D eigenvalue weighted by atomic mass is 9.84. The van der Waals surface area contributed by atoms with E-state index in [0.717, 1.165) is 11.4 Å². The quantitative estimate of drug-likeness (QED) is 0.835. The minimum absolute atomic E-state index is 0.0248. The van der Waals surface area contributed by atoms with Crippen molar-refractivity contribution in [3.8, 4) is 5.75 Å². The van der Waals surface area contributed by atoms with Gasteiger partial charge in [-0.3, -0.25) is 9.59 Å². The van der Waals surface area contributed by atoms with Crippen LogP contribution in [0.4, 0.5) is 5.69 Å². The summed E-state index contributed by atoms with van der Waals surface area (Å²) < 4.78 is 5.16. The number of amides is 2. The number of hydrogen-bond acceptors (Lipinski definition) is 3. The van der Waals surface area contributed by atoms with E-state index in [1.165, 1.54) is 11.1 Å². The standard InChI is InChI=1S/C23H28N2O3/c1-16-6-5-7-18(12-16)23(2,3)15-24-22(27)17-13-21(26)25(14-17)19-8-10-20(28-4)11-9-19/h5-12,17H,13-15H2,1-4H3,(H,24,27)/t17-/m0/s1. The summed E-state index contributed by atoms with van der Waals surface area (Å²) >= 11 is 0. The smallest absolute Gasteiger partial charge is 0.227 e. The molecule has 0 spiro atoms. The minimum Gasteiger partial charge on any atom is -0.497 e. The van der Waals surface area contributed by atoms with Gasteiger partial charge >= 0.3 is 0 Å². The third-order valence-electron chi connectivity index (χ3n) is 5.38. The van der Waals surface area contributed by atoms with E-state index in [-0.39, 0.29) is 29.6 Å². The molecule has 1 atom stereocenters. The van der Waals surface area contributed by atoms with Crippen molar-refractivity contribution in [2.45, 2.75) is 32.6 Å². The number of benzene rings is 2. The molecule has 2 aromatic rings. The highest BCUT2D eigenvalue weighted by Gasteiger charge is 2.35. The van der Waals surface area contributed by atoms with Crippen molar-refractivity contribution in [3.05, 3.63) is 59.7 Å². The summed E-state index contributed by atoms with van der Waals surface area (Å²) in [6, 6.07) is 15.7. The fraction of sp³-hybridized carbons (Fsp3) is 0.391. The summed E-state index contributed by atoms with van der Waals surface area (Å²) in [5.41, 5.74) is 3.00. The van der Waals surface area contributed by atoms with Gasteiger partial charge < -0.3 is 15.0 Å². The van der Waals surface area contributed by atoms with E-state index < -0.39 is 0 Å². The second-order valence-electron chi connectivity index (χ2n) is 8.07. The van der Waals surface area contributed by atoms with Crippen molar-refractivity contribution in [1.29, 1.82) is 0 Å². The Labute approximate surface area is 166 Å². The molecule has 1 aliphatic rings. The number of rotatable bonds is 6. The summed E-state index contributed by atoms with van der Waals surface area (Å²) in [5, 5.41) is 3.06. The first kappa shape index (κ1) is 19.9. The molecule has 1 saturated heterocycles. The van der Waals surface area contributed by atoms with Crippen LogP contribution in [0.1, 0.15) is 31.4 Å². The number of anilines is 1. The Morgan fingerprint density at radius 3 is 2.57 bits per heavy atom. The zero-order valence-corrected chi connectivity index (χ0v) is 17.0. The summed E-state index contributed by atoms with van der Waals surface area (Å²) in [7, 11) is 1.61. The molecule has 0 aliphatic carbocycles. The molecule has 0 aromatic heterocycles. The van der Waals surface area contributed by atoms with Gasteiger partial charge in [-0.25, -0.2) is 0 Å². The average Bonchev–Trinajstić information content (AvgIpc) is 3.08. The monoisotopic (exact) mass is 380 g/mol. The van der Waals surface area contributed by atoms with Gasteiger partial charge in [0.15, 0.2) is 0 Å². The minimum atomic E-state index is -0.331. The normalized spacial score (nSPS) is 16.9. The van der Waals surface area contributed by atoms with Crippen LogP contribution in [0.2, 0.25) is 0 Å². The molecule has 0 bridgehead atoms. The van der Waals surface area contributed by atoms with Crippen LogP contribution in [0.5, 0.6) is 5.75 Å². The Morgan fingerprint density at radius 2 is 1.93 bits per heavy atom. The lowest BCUT2D eigenvalue weighted by Gasteiger charge is -2.27. The average molecular weight is 380 g/mol. The summed E-state index contributed by atoms with van der Waals surface area (Å²) in [6.45, 7) is 7.23. The van der Waals surface area contributed by atoms with Crippen LogP contribution >= 0.6 is 0 Å². The zero-order chi connectivity index (χ0) is 20.3. The maximum atomic E-state index is 12.7. The maximum Gasteiger partial charge on any atom is 0.227 e. The van der Waals surface area contributed by atoms with E-state index in [1.807, 2.05) is 30.3 Å². The Balaban J connectivity index is 1.61. The third-order valence-corrected chi connectivity index (χ3v) is 5.38. The molecule has 0 saturated carbocycles. The summed E-state index contributed by atoms with van der Waals surface area (Å²) in [5.74, 6) is 0.319. The van der Waals surface area contributed by atoms with Gasteiger partial charge in [0.2, 0.25) is 11.8 Å². The van der Waals surface area contributed by atoms with Crippen LogP contribution in [0.15, 0.2) is 48.5 Å². The van der Waals surface area contributed by atoms with Crippen molar-refractivity contribution in [1.82, 2.24) is 5.32 Å². The molecule has 5 nitrogen and oxygen atoms in total. The highest BCUT2D eigenvalue weighted by atomic mass is 16.5. The third kappa shape index (κ3) is 4.35. The van der Waals surface area contributed by atoms with E-state index in [2.05, 4.69) is 44.3 Å². The number of carbonyl (C=O) groups is 2. The molecule has 0 radical (unpaired) electrons. The van der Waals surface area contributed by atoms with E-state index >= 15 is 0 Å². The molecule has 148 valence electrons. The Bertz CT molecular complexity index is 858. The van der Waals surface area contributed by atoms with E-state index in [1.54, 1.807) is 12.0 Å². The maximum absolute atomic E-state index is 12.7. The Morgan fingerprint density at radius 1 is 1.21 bits per heavy atom. The number of nitrogens with one attached hydrogen (secondary N) is 1. The largest absolute Gasteiger partial charge is 0.497 e. The van der Waals surface area contributed by atoms with Crippen molar-refractivity contribution in [3.63, 3.8) is 0 Å². The predicted molar refractivity (Wildman–Crippen MR) is 111 cm³/mol. The van der Waals surface area contributed by atoms with Gasteiger partial charge in [-0.15, -0.1) is 0 Å². The second kappa shape index (κ2) is 8.05. The van der Waals surface area contributed by atoms with E-state index in [4.69, 9.17) is 4.74 Å². The van der Waals surface area contributed by atoms with Crippen LogP contribution in [-0.4, -0.2) is 32.0 Å². The summed E-state index contributed by atoms with van der Waals surface area (Å²) in [4.78, 5) is 26.8. The van der Waals surface area contributed by atoms with Crippen molar-refractivity contribution < 1.29 is 14.3 Å². The number of methoxy groups -OCH3 is 1. The molecule has 1 heterocycles. The number of nitrogens with zero attached hydrogens (tertiary/aromatic N) is 1. The fourth-order valence-corrected chi connectivity index (χ4v) is 3.52. The molecule has 0 unspecified atom stereocenters. The second-order valence-corrected chi connectivity index (χ2v) is 8.07. The molecular formula is C23H28N2O3. The van der Waals surface area contributed by atoms with Crippen molar-refractivity contribution >= 4 is 17.5 Å². The summed E-state index contributed by atoms with van der Waals surface area (Å²) in [6.07, 6.45) is 0.239. The first-order valence-electron chi connectivity index (χ1n) is 9.59. The molecule has 28 heavy (non-hydrogen) atoms. The molecule has 5 heteroatoms. The highest BCUT2D eigenvalue weighted by molar-refractivity contribution is 6.00. The van der Waals surface area contributed by atoms with Gasteiger partial charge in [0.1, 0.15) is 5.75 Å². The van der Waals surface area contributed by atoms with Crippen molar-refractivity contribution in [2.24, 2.45) is 5.92 Å². The first-order chi connectivity index (χ1) is 13.3. The highest BCUT2D eigenvalue weighted by Crippen LogP contribution is 2.28. The van der Waals surface area contributed by atoms with Gasteiger partial charge in [-0.1, -0.05) is 43.7 Å². The molecule has 1 aliphatic heterocycles. The zero-order valence-electron chi connectivity index (χ0n) is 17.0. The molecular weight excluding hydrogens is 352 g/mol. The lowest BCUT2D eigenvalue weighted by Crippen LogP contribution is -2.40. The van der Waals surface area contributed by atoms with Crippen molar-refractivity contribution in [2.75, 3.05) is 25.1 Å². The van der Waals surface area contributed by atoms with Gasteiger partial charge in [-0.2, -0.15) is 0 Å². The number of aryl methyl sites for hydroxylation is 1. The van der Waals surface area contributed by atoms with Crippen LogP contribution in [-0.2, 0) is 15.0 Å². The van der Waals surface area contributed by atoms with Crippen LogP contribution in [0.3, 0.4) is 0 Å². The Kier molecular flexibility index (Phi) is 5.73. The topological polar surface area (TPSA) is 58.6 Å². The predicted octanol–water partition coefficient (Wildman–Crippen LogP) is 3.45. The van der Waals surface area contributed by atoms with E-state index in [0.29, 0.717) is 13.1 Å². The fourth-order valence-electron chi connectivity index (χ4n) is 3.52. The molecule has 3 rings (SSSR count). The number of carbonyl (C=O) groups excluding carboxylic acids is 2. The van der Waals surface area contributed by atoms with Gasteiger partial charge in [0.25, 0.3) is 0 Å². The van der Waals surface area contributed by atoms with Crippen LogP contribution in [0.25, 0.3) is 0 Å². The SMILES string of the molecule is COc1ccc(N2C[C@@H](C(=O)NCC(C)(C)c3cccc(C)c3)CC2=O)cc1. The molecule has 1 N–H and O–H groups in total. The number of hydrogen-bond donors (Lipinski definition) is 1. The lowest BCUT2D eigenvalue weighted by molar-refractivity contribution is -0.126. The Hall–Kier alpha value is -2.82. The molecule has 2 aromatic carbocycles. The molecule has 2 amide bonds.